The molecule has 0 amide bonds. The van der Waals surface area contributed by atoms with Gasteiger partial charge in [-0.15, -0.1) is 0 Å². The molecular formula is C15H14ClNO3. The van der Waals surface area contributed by atoms with E-state index in [1.807, 2.05) is 13.8 Å². The third-order valence-electron chi connectivity index (χ3n) is 2.90. The second kappa shape index (κ2) is 5.43. The molecule has 0 aromatic heterocycles. The normalized spacial score (nSPS) is 10.3. The van der Waals surface area contributed by atoms with Crippen LogP contribution in [0.5, 0.6) is 11.5 Å². The summed E-state index contributed by atoms with van der Waals surface area (Å²) >= 11 is 5.96. The van der Waals surface area contributed by atoms with Crippen molar-refractivity contribution in [1.29, 1.82) is 0 Å². The highest BCUT2D eigenvalue weighted by atomic mass is 35.5. The maximum atomic E-state index is 11.1. The summed E-state index contributed by atoms with van der Waals surface area (Å²) in [4.78, 5) is 11.1. The highest BCUT2D eigenvalue weighted by Crippen LogP contribution is 2.32. The summed E-state index contributed by atoms with van der Waals surface area (Å²) in [6, 6.07) is 8.14. The van der Waals surface area contributed by atoms with E-state index in [1.54, 1.807) is 18.2 Å². The number of nitrogen functional groups attached to an aromatic ring is 1. The van der Waals surface area contributed by atoms with Gasteiger partial charge in [-0.25, -0.2) is 4.79 Å². The summed E-state index contributed by atoms with van der Waals surface area (Å²) in [6.45, 7) is 3.76. The molecule has 0 aliphatic rings. The maximum absolute atomic E-state index is 11.1. The minimum Gasteiger partial charge on any atom is -0.478 e. The molecule has 0 aliphatic carbocycles. The number of aryl methyl sites for hydroxylation is 2. The smallest absolute Gasteiger partial charge is 0.337 e. The molecule has 0 saturated heterocycles. The first-order valence-electron chi connectivity index (χ1n) is 5.96. The van der Waals surface area contributed by atoms with Gasteiger partial charge in [0, 0.05) is 10.7 Å². The molecule has 2 aromatic carbocycles. The zero-order valence-corrected chi connectivity index (χ0v) is 11.9. The van der Waals surface area contributed by atoms with Crippen LogP contribution in [0.3, 0.4) is 0 Å². The van der Waals surface area contributed by atoms with E-state index in [1.165, 1.54) is 12.1 Å². The summed E-state index contributed by atoms with van der Waals surface area (Å²) in [5.41, 5.74) is 7.59. The van der Waals surface area contributed by atoms with E-state index in [0.717, 1.165) is 11.1 Å². The Morgan fingerprint density at radius 1 is 1.20 bits per heavy atom. The van der Waals surface area contributed by atoms with Crippen molar-refractivity contribution in [2.24, 2.45) is 0 Å². The molecule has 0 heterocycles. The van der Waals surface area contributed by atoms with Crippen molar-refractivity contribution in [3.63, 3.8) is 0 Å². The largest absolute Gasteiger partial charge is 0.478 e. The van der Waals surface area contributed by atoms with Crippen LogP contribution in [0.2, 0.25) is 5.02 Å². The number of carboxylic acid groups (broad SMARTS) is 1. The van der Waals surface area contributed by atoms with Crippen LogP contribution < -0.4 is 10.5 Å². The molecule has 0 radical (unpaired) electrons. The quantitative estimate of drug-likeness (QED) is 0.837. The Morgan fingerprint density at radius 2 is 1.80 bits per heavy atom. The minimum absolute atomic E-state index is 0.0202. The van der Waals surface area contributed by atoms with Crippen molar-refractivity contribution < 1.29 is 14.6 Å². The van der Waals surface area contributed by atoms with E-state index in [2.05, 4.69) is 0 Å². The van der Waals surface area contributed by atoms with Gasteiger partial charge in [-0.2, -0.15) is 0 Å². The summed E-state index contributed by atoms with van der Waals surface area (Å²) in [7, 11) is 0. The van der Waals surface area contributed by atoms with Crippen LogP contribution in [-0.2, 0) is 0 Å². The Hall–Kier alpha value is -2.20. The predicted octanol–water partition coefficient (Wildman–Crippen LogP) is 4.03. The van der Waals surface area contributed by atoms with Crippen LogP contribution in [-0.4, -0.2) is 11.1 Å². The third-order valence-corrected chi connectivity index (χ3v) is 3.12. The lowest BCUT2D eigenvalue weighted by atomic mass is 10.1. The first kappa shape index (κ1) is 14.2. The Balaban J connectivity index is 2.41. The molecule has 4 nitrogen and oxygen atoms in total. The monoisotopic (exact) mass is 291 g/mol. The molecule has 0 atom stereocenters. The number of hydrogen-bond acceptors (Lipinski definition) is 3. The summed E-state index contributed by atoms with van der Waals surface area (Å²) in [6.07, 6.45) is 0. The maximum Gasteiger partial charge on any atom is 0.337 e. The molecule has 0 spiro atoms. The third kappa shape index (κ3) is 2.86. The zero-order valence-electron chi connectivity index (χ0n) is 11.1. The predicted molar refractivity (Wildman–Crippen MR) is 78.8 cm³/mol. The van der Waals surface area contributed by atoms with Gasteiger partial charge < -0.3 is 15.6 Å². The molecule has 0 saturated carbocycles. The molecule has 0 aliphatic heterocycles. The van der Waals surface area contributed by atoms with Gasteiger partial charge in [0.05, 0.1) is 5.56 Å². The van der Waals surface area contributed by atoms with Crippen molar-refractivity contribution in [3.8, 4) is 11.5 Å². The number of anilines is 1. The van der Waals surface area contributed by atoms with Gasteiger partial charge in [0.25, 0.3) is 0 Å². The molecule has 0 unspecified atom stereocenters. The lowest BCUT2D eigenvalue weighted by molar-refractivity contribution is 0.0697. The van der Waals surface area contributed by atoms with E-state index in [0.29, 0.717) is 16.5 Å². The van der Waals surface area contributed by atoms with Gasteiger partial charge in [-0.3, -0.25) is 0 Å². The number of rotatable bonds is 3. The first-order chi connectivity index (χ1) is 9.38. The van der Waals surface area contributed by atoms with Crippen LogP contribution in [0.4, 0.5) is 5.69 Å². The zero-order chi connectivity index (χ0) is 14.9. The van der Waals surface area contributed by atoms with Gasteiger partial charge in [-0.1, -0.05) is 11.6 Å². The molecular weight excluding hydrogens is 278 g/mol. The van der Waals surface area contributed by atoms with Gasteiger partial charge >= 0.3 is 5.97 Å². The van der Waals surface area contributed by atoms with Crippen molar-refractivity contribution in [1.82, 2.24) is 0 Å². The second-order valence-corrected chi connectivity index (χ2v) is 4.96. The van der Waals surface area contributed by atoms with E-state index in [-0.39, 0.29) is 11.3 Å². The fourth-order valence-corrected chi connectivity index (χ4v) is 2.29. The second-order valence-electron chi connectivity index (χ2n) is 4.52. The average molecular weight is 292 g/mol. The summed E-state index contributed by atoms with van der Waals surface area (Å²) < 4.78 is 5.76. The van der Waals surface area contributed by atoms with Crippen molar-refractivity contribution >= 4 is 23.3 Å². The van der Waals surface area contributed by atoms with Crippen LogP contribution >= 0.6 is 11.6 Å². The Bertz CT molecular complexity index is 660. The molecule has 20 heavy (non-hydrogen) atoms. The Kier molecular flexibility index (Phi) is 3.86. The Morgan fingerprint density at radius 3 is 2.35 bits per heavy atom. The number of carbonyl (C=O) groups is 1. The minimum atomic E-state index is -1.09. The number of benzene rings is 2. The first-order valence-corrected chi connectivity index (χ1v) is 6.33. The number of hydrogen-bond donors (Lipinski definition) is 2. The van der Waals surface area contributed by atoms with E-state index < -0.39 is 5.97 Å². The standard InChI is InChI=1S/C15H14ClNO3/c1-8-5-10(16)6-9(2)14(8)20-11-3-4-13(17)12(7-11)15(18)19/h3-7H,17H2,1-2H3,(H,18,19). The molecule has 104 valence electrons. The van der Waals surface area contributed by atoms with Crippen LogP contribution in [0.25, 0.3) is 0 Å². The molecule has 2 rings (SSSR count). The van der Waals surface area contributed by atoms with Gasteiger partial charge in [0.15, 0.2) is 0 Å². The fraction of sp³-hybridized carbons (Fsp3) is 0.133. The van der Waals surface area contributed by atoms with Crippen LogP contribution in [0, 0.1) is 13.8 Å². The number of halogens is 1. The van der Waals surface area contributed by atoms with Crippen LogP contribution in [0.15, 0.2) is 30.3 Å². The number of nitrogens with two attached hydrogens (primary N) is 1. The molecule has 0 fully saturated rings. The van der Waals surface area contributed by atoms with Crippen LogP contribution in [0.1, 0.15) is 21.5 Å². The van der Waals surface area contributed by atoms with Gasteiger partial charge in [0.1, 0.15) is 11.5 Å². The lowest BCUT2D eigenvalue weighted by Crippen LogP contribution is -2.02. The highest BCUT2D eigenvalue weighted by Gasteiger charge is 2.12. The summed E-state index contributed by atoms with van der Waals surface area (Å²) in [5.74, 6) is -0.00173. The van der Waals surface area contributed by atoms with Gasteiger partial charge in [-0.05, 0) is 55.3 Å². The fourth-order valence-electron chi connectivity index (χ4n) is 1.96. The molecule has 3 N–H and O–H groups in total. The molecule has 5 heteroatoms. The van der Waals surface area contributed by atoms with E-state index in [4.69, 9.17) is 27.2 Å². The number of carboxylic acids is 1. The SMILES string of the molecule is Cc1cc(Cl)cc(C)c1Oc1ccc(N)c(C(=O)O)c1. The molecule has 0 bridgehead atoms. The van der Waals surface area contributed by atoms with Crippen molar-refractivity contribution in [2.75, 3.05) is 5.73 Å². The number of ether oxygens (including phenoxy) is 1. The molecule has 2 aromatic rings. The topological polar surface area (TPSA) is 72.5 Å². The average Bonchev–Trinajstić information content (AvgIpc) is 2.35. The van der Waals surface area contributed by atoms with Crippen molar-refractivity contribution in [2.45, 2.75) is 13.8 Å². The Labute approximate surface area is 121 Å². The highest BCUT2D eigenvalue weighted by molar-refractivity contribution is 6.30. The van der Waals surface area contributed by atoms with E-state index in [9.17, 15) is 4.79 Å². The summed E-state index contributed by atoms with van der Waals surface area (Å²) in [5, 5.41) is 9.68. The van der Waals surface area contributed by atoms with E-state index >= 15 is 0 Å². The van der Waals surface area contributed by atoms with Gasteiger partial charge in [0.2, 0.25) is 0 Å². The van der Waals surface area contributed by atoms with Crippen molar-refractivity contribution in [3.05, 3.63) is 52.0 Å². The number of aromatic carboxylic acids is 1. The lowest BCUT2D eigenvalue weighted by Gasteiger charge is -2.13.